The van der Waals surface area contributed by atoms with Crippen molar-refractivity contribution in [1.82, 2.24) is 0 Å². The van der Waals surface area contributed by atoms with E-state index in [1.165, 1.54) is 11.1 Å². The SMILES string of the molecule is COc1cc(C)cc(C)c1N(C)CC(N)CN. The van der Waals surface area contributed by atoms with Crippen LogP contribution in [0, 0.1) is 13.8 Å². The van der Waals surface area contributed by atoms with Crippen molar-refractivity contribution in [2.45, 2.75) is 19.9 Å². The first-order chi connectivity index (χ1) is 7.99. The van der Waals surface area contributed by atoms with Crippen LogP contribution in [0.3, 0.4) is 0 Å². The van der Waals surface area contributed by atoms with Gasteiger partial charge in [-0.3, -0.25) is 0 Å². The van der Waals surface area contributed by atoms with Gasteiger partial charge >= 0.3 is 0 Å². The molecular formula is C13H23N3O. The molecule has 0 fully saturated rings. The number of hydrogen-bond donors (Lipinski definition) is 2. The van der Waals surface area contributed by atoms with Crippen molar-refractivity contribution >= 4 is 5.69 Å². The summed E-state index contributed by atoms with van der Waals surface area (Å²) in [7, 11) is 3.70. The van der Waals surface area contributed by atoms with Crippen molar-refractivity contribution < 1.29 is 4.74 Å². The molecule has 0 saturated heterocycles. The van der Waals surface area contributed by atoms with Crippen molar-refractivity contribution in [1.29, 1.82) is 0 Å². The lowest BCUT2D eigenvalue weighted by molar-refractivity contribution is 0.414. The second-order valence-corrected chi connectivity index (χ2v) is 4.51. The van der Waals surface area contributed by atoms with Gasteiger partial charge in [0.1, 0.15) is 5.75 Å². The third-order valence-electron chi connectivity index (χ3n) is 2.82. The Kier molecular flexibility index (Phi) is 4.78. The molecule has 0 amide bonds. The minimum Gasteiger partial charge on any atom is -0.495 e. The molecule has 0 saturated carbocycles. The number of nitrogens with zero attached hydrogens (tertiary/aromatic N) is 1. The average Bonchev–Trinajstić information content (AvgIpc) is 2.27. The monoisotopic (exact) mass is 237 g/mol. The third-order valence-corrected chi connectivity index (χ3v) is 2.82. The molecule has 4 heteroatoms. The Balaban J connectivity index is 3.03. The zero-order chi connectivity index (χ0) is 13.0. The maximum atomic E-state index is 5.88. The maximum Gasteiger partial charge on any atom is 0.142 e. The number of anilines is 1. The number of benzene rings is 1. The van der Waals surface area contributed by atoms with E-state index in [1.54, 1.807) is 7.11 Å². The highest BCUT2D eigenvalue weighted by Gasteiger charge is 2.14. The highest BCUT2D eigenvalue weighted by Crippen LogP contribution is 2.32. The molecule has 4 N–H and O–H groups in total. The van der Waals surface area contributed by atoms with Crippen LogP contribution in [0.25, 0.3) is 0 Å². The quantitative estimate of drug-likeness (QED) is 0.803. The highest BCUT2D eigenvalue weighted by molar-refractivity contribution is 5.64. The Morgan fingerprint density at radius 3 is 2.53 bits per heavy atom. The number of methoxy groups -OCH3 is 1. The minimum absolute atomic E-state index is 0.0228. The minimum atomic E-state index is -0.0228. The molecule has 0 aliphatic carbocycles. The summed E-state index contributed by atoms with van der Waals surface area (Å²) in [6.45, 7) is 5.34. The van der Waals surface area contributed by atoms with Crippen LogP contribution in [-0.2, 0) is 0 Å². The summed E-state index contributed by atoms with van der Waals surface area (Å²) >= 11 is 0. The van der Waals surface area contributed by atoms with Gasteiger partial charge in [-0.1, -0.05) is 6.07 Å². The van der Waals surface area contributed by atoms with Crippen molar-refractivity contribution in [3.05, 3.63) is 23.3 Å². The topological polar surface area (TPSA) is 64.5 Å². The molecule has 0 heterocycles. The number of hydrogen-bond acceptors (Lipinski definition) is 4. The first-order valence-electron chi connectivity index (χ1n) is 5.81. The highest BCUT2D eigenvalue weighted by atomic mass is 16.5. The molecule has 0 spiro atoms. The Labute approximate surface area is 104 Å². The fourth-order valence-electron chi connectivity index (χ4n) is 2.08. The summed E-state index contributed by atoms with van der Waals surface area (Å²) in [4.78, 5) is 2.10. The zero-order valence-corrected chi connectivity index (χ0v) is 11.2. The van der Waals surface area contributed by atoms with Gasteiger partial charge in [-0.05, 0) is 31.0 Å². The molecule has 1 aromatic rings. The lowest BCUT2D eigenvalue weighted by Gasteiger charge is -2.26. The van der Waals surface area contributed by atoms with Gasteiger partial charge in [0.2, 0.25) is 0 Å². The van der Waals surface area contributed by atoms with Crippen LogP contribution in [0.15, 0.2) is 12.1 Å². The summed E-state index contributed by atoms with van der Waals surface area (Å²) in [5.41, 5.74) is 14.9. The Hall–Kier alpha value is -1.26. The van der Waals surface area contributed by atoms with E-state index < -0.39 is 0 Å². The first-order valence-corrected chi connectivity index (χ1v) is 5.81. The average molecular weight is 237 g/mol. The largest absolute Gasteiger partial charge is 0.495 e. The van der Waals surface area contributed by atoms with Crippen LogP contribution in [-0.4, -0.2) is 33.3 Å². The Morgan fingerprint density at radius 1 is 1.35 bits per heavy atom. The second-order valence-electron chi connectivity index (χ2n) is 4.51. The van der Waals surface area contributed by atoms with Crippen LogP contribution >= 0.6 is 0 Å². The standard InChI is InChI=1S/C13H23N3O/c1-9-5-10(2)13(12(6-9)17-4)16(3)8-11(15)7-14/h5-6,11H,7-8,14-15H2,1-4H3. The van der Waals surface area contributed by atoms with Crippen LogP contribution in [0.1, 0.15) is 11.1 Å². The van der Waals surface area contributed by atoms with Gasteiger partial charge in [0.15, 0.2) is 0 Å². The van der Waals surface area contributed by atoms with Gasteiger partial charge in [-0.15, -0.1) is 0 Å². The molecule has 17 heavy (non-hydrogen) atoms. The fraction of sp³-hybridized carbons (Fsp3) is 0.538. The molecule has 0 aliphatic heterocycles. The molecule has 0 aliphatic rings. The van der Waals surface area contributed by atoms with E-state index >= 15 is 0 Å². The number of rotatable bonds is 5. The predicted octanol–water partition coefficient (Wildman–Crippen LogP) is 1.03. The van der Waals surface area contributed by atoms with Gasteiger partial charge in [0.05, 0.1) is 12.8 Å². The maximum absolute atomic E-state index is 5.88. The van der Waals surface area contributed by atoms with Crippen molar-refractivity contribution in [2.24, 2.45) is 11.5 Å². The molecule has 1 aromatic carbocycles. The van der Waals surface area contributed by atoms with E-state index in [9.17, 15) is 0 Å². The molecule has 0 radical (unpaired) electrons. The number of nitrogens with two attached hydrogens (primary N) is 2. The van der Waals surface area contributed by atoms with Gasteiger partial charge in [0.25, 0.3) is 0 Å². The molecule has 4 nitrogen and oxygen atoms in total. The van der Waals surface area contributed by atoms with Crippen molar-refractivity contribution in [3.63, 3.8) is 0 Å². The van der Waals surface area contributed by atoms with E-state index in [4.69, 9.17) is 16.2 Å². The Morgan fingerprint density at radius 2 is 2.00 bits per heavy atom. The van der Waals surface area contributed by atoms with Gasteiger partial charge in [-0.2, -0.15) is 0 Å². The van der Waals surface area contributed by atoms with E-state index in [0.29, 0.717) is 6.54 Å². The molecule has 96 valence electrons. The van der Waals surface area contributed by atoms with Crippen LogP contribution in [0.4, 0.5) is 5.69 Å². The molecule has 1 atom stereocenters. The van der Waals surface area contributed by atoms with Gasteiger partial charge in [-0.25, -0.2) is 0 Å². The van der Waals surface area contributed by atoms with Crippen molar-refractivity contribution in [3.8, 4) is 5.75 Å². The predicted molar refractivity (Wildman–Crippen MR) is 72.8 cm³/mol. The normalized spacial score (nSPS) is 12.4. The number of likely N-dealkylation sites (N-methyl/N-ethyl adjacent to an activating group) is 1. The number of ether oxygens (including phenoxy) is 1. The summed E-state index contributed by atoms with van der Waals surface area (Å²) in [5.74, 6) is 0.884. The molecule has 0 aromatic heterocycles. The van der Waals surface area contributed by atoms with Crippen LogP contribution < -0.4 is 21.1 Å². The summed E-state index contributed by atoms with van der Waals surface area (Å²) in [6, 6.07) is 4.15. The molecular weight excluding hydrogens is 214 g/mol. The smallest absolute Gasteiger partial charge is 0.142 e. The fourth-order valence-corrected chi connectivity index (χ4v) is 2.08. The van der Waals surface area contributed by atoms with Gasteiger partial charge < -0.3 is 21.1 Å². The van der Waals surface area contributed by atoms with E-state index in [0.717, 1.165) is 18.0 Å². The van der Waals surface area contributed by atoms with Crippen molar-refractivity contribution in [2.75, 3.05) is 32.1 Å². The van der Waals surface area contributed by atoms with E-state index in [1.807, 2.05) is 13.1 Å². The summed E-state index contributed by atoms with van der Waals surface area (Å²) in [5, 5.41) is 0. The van der Waals surface area contributed by atoms with Gasteiger partial charge in [0, 0.05) is 26.2 Å². The second kappa shape index (κ2) is 5.89. The lowest BCUT2D eigenvalue weighted by atomic mass is 10.1. The van der Waals surface area contributed by atoms with E-state index in [2.05, 4.69) is 24.8 Å². The molecule has 1 rings (SSSR count). The molecule has 0 bridgehead atoms. The summed E-state index contributed by atoms with van der Waals surface area (Å²) < 4.78 is 5.43. The Bertz CT molecular complexity index is 379. The third kappa shape index (κ3) is 3.35. The van der Waals surface area contributed by atoms with Crippen LogP contribution in [0.5, 0.6) is 5.75 Å². The lowest BCUT2D eigenvalue weighted by Crippen LogP contribution is -2.40. The first kappa shape index (κ1) is 13.8. The molecule has 1 unspecified atom stereocenters. The number of aryl methyl sites for hydroxylation is 2. The summed E-state index contributed by atoms with van der Waals surface area (Å²) in [6.07, 6.45) is 0. The zero-order valence-electron chi connectivity index (χ0n) is 11.2. The van der Waals surface area contributed by atoms with E-state index in [-0.39, 0.29) is 6.04 Å². The van der Waals surface area contributed by atoms with Crippen LogP contribution in [0.2, 0.25) is 0 Å².